The first kappa shape index (κ1) is 41.9. The molecular weight excluding hydrogens is 767 g/mol. The number of amides is 5. The van der Waals surface area contributed by atoms with Crippen molar-refractivity contribution in [1.82, 2.24) is 20.5 Å². The molecule has 5 amide bonds. The van der Waals surface area contributed by atoms with Crippen LogP contribution in [0.15, 0.2) is 77.6 Å². The predicted molar refractivity (Wildman–Crippen MR) is 216 cm³/mol. The second-order valence-electron chi connectivity index (χ2n) is 13.6. The molecule has 6 rings (SSSR count). The van der Waals surface area contributed by atoms with Gasteiger partial charge in [0.2, 0.25) is 5.91 Å². The average Bonchev–Trinajstić information content (AvgIpc) is 3.95. The number of carbonyl (C=O) groups is 5. The van der Waals surface area contributed by atoms with Crippen molar-refractivity contribution in [2.75, 3.05) is 70.0 Å². The van der Waals surface area contributed by atoms with Crippen molar-refractivity contribution in [2.45, 2.75) is 37.9 Å². The summed E-state index contributed by atoms with van der Waals surface area (Å²) >= 11 is 1.46. The number of hydrogen-bond acceptors (Lipinski definition) is 12. The quantitative estimate of drug-likeness (QED) is 0.0728. The molecule has 1 aromatic heterocycles. The molecule has 16 nitrogen and oxygen atoms in total. The van der Waals surface area contributed by atoms with E-state index in [-0.39, 0.29) is 48.7 Å². The Labute approximate surface area is 339 Å². The zero-order valence-electron chi connectivity index (χ0n) is 31.9. The van der Waals surface area contributed by atoms with Crippen LogP contribution in [0.25, 0.3) is 0 Å². The van der Waals surface area contributed by atoms with Crippen LogP contribution >= 0.6 is 11.3 Å². The Morgan fingerprint density at radius 2 is 1.57 bits per heavy atom. The van der Waals surface area contributed by atoms with Gasteiger partial charge in [0.15, 0.2) is 6.61 Å². The molecule has 0 bridgehead atoms. The van der Waals surface area contributed by atoms with E-state index in [2.05, 4.69) is 26.3 Å². The molecule has 1 aliphatic carbocycles. The van der Waals surface area contributed by atoms with E-state index < -0.39 is 6.04 Å². The number of benzene rings is 3. The van der Waals surface area contributed by atoms with Gasteiger partial charge in [0.05, 0.1) is 62.6 Å². The summed E-state index contributed by atoms with van der Waals surface area (Å²) in [6.07, 6.45) is 2.23. The van der Waals surface area contributed by atoms with E-state index in [9.17, 15) is 24.0 Å². The first-order chi connectivity index (χ1) is 28.2. The lowest BCUT2D eigenvalue weighted by atomic mass is 10.1. The number of nitrogens with two attached hydrogens (primary N) is 1. The second-order valence-corrected chi connectivity index (χ2v) is 14.3. The number of fused-ring (bicyclic) bond motifs is 1. The van der Waals surface area contributed by atoms with Crippen molar-refractivity contribution in [2.24, 2.45) is 5.73 Å². The first-order valence-electron chi connectivity index (χ1n) is 19.0. The van der Waals surface area contributed by atoms with Gasteiger partial charge in [-0.1, -0.05) is 18.2 Å². The van der Waals surface area contributed by atoms with Crippen LogP contribution in [0.3, 0.4) is 0 Å². The molecule has 1 saturated carbocycles. The number of nitrogens with one attached hydrogen (secondary N) is 4. The van der Waals surface area contributed by atoms with Gasteiger partial charge in [0.1, 0.15) is 5.75 Å². The molecule has 4 aromatic rings. The topological polar surface area (TPSA) is 213 Å². The van der Waals surface area contributed by atoms with Crippen LogP contribution in [0.4, 0.5) is 11.4 Å². The van der Waals surface area contributed by atoms with Crippen molar-refractivity contribution < 1.29 is 42.9 Å². The summed E-state index contributed by atoms with van der Waals surface area (Å²) in [5, 5.41) is 13.0. The second kappa shape index (κ2) is 21.2. The number of ether oxygens (including phenoxy) is 4. The SMILES string of the molecule is N[C@@H](Cc1cscn1)C(=O)NCCOCCOCCOCCNC(=O)c1cccc(NC(=O)c2ccc(CN(C(=O)c3ccc4c(c3)OCC(=O)N4)C3CC3)cc2)c1. The molecule has 306 valence electrons. The summed E-state index contributed by atoms with van der Waals surface area (Å²) in [4.78, 5) is 69.0. The third-order valence-corrected chi connectivity index (χ3v) is 9.77. The smallest absolute Gasteiger partial charge is 0.262 e. The number of carbonyl (C=O) groups excluding carboxylic acids is 5. The number of nitrogens with zero attached hydrogens (tertiary/aromatic N) is 2. The van der Waals surface area contributed by atoms with Gasteiger partial charge in [-0.3, -0.25) is 24.0 Å². The van der Waals surface area contributed by atoms with Crippen molar-refractivity contribution in [3.05, 3.63) is 106 Å². The van der Waals surface area contributed by atoms with E-state index in [1.54, 1.807) is 60.1 Å². The van der Waals surface area contributed by atoms with Gasteiger partial charge in [-0.05, 0) is 66.9 Å². The fraction of sp³-hybridized carbons (Fsp3) is 0.366. The lowest BCUT2D eigenvalue weighted by Gasteiger charge is -2.24. The molecule has 1 aliphatic heterocycles. The van der Waals surface area contributed by atoms with E-state index in [0.29, 0.717) is 93.0 Å². The molecule has 1 fully saturated rings. The average molecular weight is 814 g/mol. The maximum Gasteiger partial charge on any atom is 0.262 e. The molecular formula is C41H47N7O9S. The molecule has 6 N–H and O–H groups in total. The lowest BCUT2D eigenvalue weighted by Crippen LogP contribution is -2.43. The maximum atomic E-state index is 13.5. The van der Waals surface area contributed by atoms with Gasteiger partial charge < -0.3 is 50.8 Å². The van der Waals surface area contributed by atoms with Crippen LogP contribution in [0.1, 0.15) is 55.2 Å². The monoisotopic (exact) mass is 813 g/mol. The normalized spacial score (nSPS) is 13.7. The largest absolute Gasteiger partial charge is 0.482 e. The highest BCUT2D eigenvalue weighted by atomic mass is 32.1. The molecule has 2 aliphatic rings. The number of aromatic nitrogens is 1. The molecule has 2 heterocycles. The molecule has 58 heavy (non-hydrogen) atoms. The van der Waals surface area contributed by atoms with Crippen LogP contribution < -0.4 is 31.7 Å². The standard InChI is InChI=1S/C41H47N7O9S/c42-34(22-32-25-58-26-45-32)40(52)44-13-15-55-17-19-56-18-16-54-14-12-43-38(50)29-2-1-3-31(20-29)46-39(51)28-6-4-27(5-7-28)23-48(33-9-10-33)41(53)30-8-11-35-36(21-30)57-24-37(49)47-35/h1-8,11,20-21,25-26,33-34H,9-10,12-19,22-24,42H2,(H,43,50)(H,44,52)(H,46,51)(H,47,49)/t34-/m0/s1. The first-order valence-corrected chi connectivity index (χ1v) is 20.0. The zero-order valence-corrected chi connectivity index (χ0v) is 32.7. The van der Waals surface area contributed by atoms with E-state index in [1.807, 2.05) is 22.4 Å². The molecule has 0 unspecified atom stereocenters. The maximum absolute atomic E-state index is 13.5. The highest BCUT2D eigenvalue weighted by Gasteiger charge is 2.33. The highest BCUT2D eigenvalue weighted by Crippen LogP contribution is 2.33. The molecule has 3 aromatic carbocycles. The van der Waals surface area contributed by atoms with Crippen molar-refractivity contribution in [1.29, 1.82) is 0 Å². The summed E-state index contributed by atoms with van der Waals surface area (Å²) in [5.74, 6) is -0.790. The predicted octanol–water partition coefficient (Wildman–Crippen LogP) is 3.00. The van der Waals surface area contributed by atoms with Gasteiger partial charge in [-0.2, -0.15) is 0 Å². The minimum Gasteiger partial charge on any atom is -0.482 e. The Kier molecular flexibility index (Phi) is 15.3. The van der Waals surface area contributed by atoms with Crippen LogP contribution in [-0.4, -0.2) is 111 Å². The number of hydrogen-bond donors (Lipinski definition) is 5. The van der Waals surface area contributed by atoms with Gasteiger partial charge in [-0.25, -0.2) is 4.98 Å². The van der Waals surface area contributed by atoms with E-state index >= 15 is 0 Å². The minimum absolute atomic E-state index is 0.0922. The Morgan fingerprint density at radius 1 is 0.862 bits per heavy atom. The van der Waals surface area contributed by atoms with Gasteiger partial charge in [0, 0.05) is 59.9 Å². The van der Waals surface area contributed by atoms with E-state index in [0.717, 1.165) is 24.1 Å². The lowest BCUT2D eigenvalue weighted by molar-refractivity contribution is -0.122. The summed E-state index contributed by atoms with van der Waals surface area (Å²) in [5.41, 5.74) is 11.6. The van der Waals surface area contributed by atoms with E-state index in [1.165, 1.54) is 11.3 Å². The molecule has 17 heteroatoms. The van der Waals surface area contributed by atoms with Crippen LogP contribution in [0.2, 0.25) is 0 Å². The summed E-state index contributed by atoms with van der Waals surface area (Å²) in [6.45, 7) is 2.98. The number of rotatable bonds is 22. The fourth-order valence-corrected chi connectivity index (χ4v) is 6.51. The van der Waals surface area contributed by atoms with E-state index in [4.69, 9.17) is 24.7 Å². The van der Waals surface area contributed by atoms with Gasteiger partial charge >= 0.3 is 0 Å². The van der Waals surface area contributed by atoms with Crippen LogP contribution in [0.5, 0.6) is 5.75 Å². The third kappa shape index (κ3) is 12.6. The summed E-state index contributed by atoms with van der Waals surface area (Å²) in [6, 6.07) is 18.2. The zero-order chi connectivity index (χ0) is 40.7. The van der Waals surface area contributed by atoms with Crippen molar-refractivity contribution in [3.63, 3.8) is 0 Å². The minimum atomic E-state index is -0.655. The van der Waals surface area contributed by atoms with Crippen LogP contribution in [-0.2, 0) is 36.8 Å². The Morgan fingerprint density at radius 3 is 2.28 bits per heavy atom. The Balaban J connectivity index is 0.834. The highest BCUT2D eigenvalue weighted by molar-refractivity contribution is 7.07. The molecule has 0 radical (unpaired) electrons. The fourth-order valence-electron chi connectivity index (χ4n) is 5.94. The molecule has 1 atom stereocenters. The molecule has 0 saturated heterocycles. The summed E-state index contributed by atoms with van der Waals surface area (Å²) in [7, 11) is 0. The van der Waals surface area contributed by atoms with Crippen molar-refractivity contribution in [3.8, 4) is 5.75 Å². The van der Waals surface area contributed by atoms with Gasteiger partial charge in [0.25, 0.3) is 23.6 Å². The Bertz CT molecular complexity index is 2030. The third-order valence-electron chi connectivity index (χ3n) is 9.13. The van der Waals surface area contributed by atoms with Crippen molar-refractivity contribution >= 4 is 52.2 Å². The van der Waals surface area contributed by atoms with Crippen LogP contribution in [0, 0.1) is 0 Å². The molecule has 0 spiro atoms. The number of anilines is 2. The summed E-state index contributed by atoms with van der Waals surface area (Å²) < 4.78 is 22.0. The number of thiazole rings is 1. The van der Waals surface area contributed by atoms with Gasteiger partial charge in [-0.15, -0.1) is 11.3 Å². The Hall–Kier alpha value is -5.72.